The number of fused-ring (bicyclic) bond motifs is 2. The molecule has 4 nitrogen and oxygen atoms in total. The van der Waals surface area contributed by atoms with Gasteiger partial charge in [0.05, 0.1) is 9.79 Å². The van der Waals surface area contributed by atoms with E-state index in [4.69, 9.17) is 0 Å². The third-order valence-corrected chi connectivity index (χ3v) is 8.35. The summed E-state index contributed by atoms with van der Waals surface area (Å²) in [4.78, 5) is 0.905. The van der Waals surface area contributed by atoms with E-state index in [0.29, 0.717) is 15.4 Å². The zero-order valence-electron chi connectivity index (χ0n) is 16.7. The lowest BCUT2D eigenvalue weighted by molar-refractivity contribution is 0.565. The summed E-state index contributed by atoms with van der Waals surface area (Å²) < 4.78 is 41.1. The Morgan fingerprint density at radius 1 is 0.774 bits per heavy atom. The van der Waals surface area contributed by atoms with E-state index >= 15 is 0 Å². The van der Waals surface area contributed by atoms with E-state index < -0.39 is 22.1 Å². The lowest BCUT2D eigenvalue weighted by Crippen LogP contribution is -2.25. The van der Waals surface area contributed by atoms with Crippen LogP contribution < -0.4 is 4.72 Å². The fourth-order valence-electron chi connectivity index (χ4n) is 3.65. The largest absolute Gasteiger partial charge is 0.302 e. The van der Waals surface area contributed by atoms with Gasteiger partial charge in [-0.2, -0.15) is 0 Å². The van der Waals surface area contributed by atoms with Crippen molar-refractivity contribution in [1.82, 2.24) is 4.72 Å². The van der Waals surface area contributed by atoms with Gasteiger partial charge in [-0.25, -0.2) is 13.1 Å². The van der Waals surface area contributed by atoms with Gasteiger partial charge in [-0.3, -0.25) is 0 Å². The van der Waals surface area contributed by atoms with Crippen molar-refractivity contribution in [3.05, 3.63) is 67.8 Å². The van der Waals surface area contributed by atoms with Crippen molar-refractivity contribution in [2.24, 2.45) is 0 Å². The predicted octanol–water partition coefficient (Wildman–Crippen LogP) is 6.47. The number of hydrogen-bond acceptors (Lipinski definition) is 2. The molecule has 0 fully saturated rings. The molecular weight excluding hydrogens is 656 g/mol. The second-order valence-electron chi connectivity index (χ2n) is 7.40. The molecule has 31 heavy (non-hydrogen) atoms. The molecule has 0 heterocycles. The van der Waals surface area contributed by atoms with Crippen molar-refractivity contribution in [2.75, 3.05) is 0 Å². The summed E-state index contributed by atoms with van der Waals surface area (Å²) in [6.07, 6.45) is 0. The van der Waals surface area contributed by atoms with Gasteiger partial charge in [0.2, 0.25) is 0 Å². The van der Waals surface area contributed by atoms with E-state index in [-0.39, 0.29) is 6.04 Å². The van der Waals surface area contributed by atoms with Gasteiger partial charge in [0, 0.05) is 24.3 Å². The maximum Gasteiger partial charge on any atom is 0.187 e. The van der Waals surface area contributed by atoms with E-state index in [1.807, 2.05) is 62.4 Å². The summed E-state index contributed by atoms with van der Waals surface area (Å²) in [7, 11) is -1.49. The average Bonchev–Trinajstić information content (AvgIpc) is 2.71. The topological polar surface area (TPSA) is 66.4 Å². The number of halogens is 2. The zero-order valence-corrected chi connectivity index (χ0v) is 22.6. The molecule has 0 bridgehead atoms. The molecule has 0 amide bonds. The van der Waals surface area contributed by atoms with E-state index in [1.54, 1.807) is 6.07 Å². The molecule has 4 rings (SSSR count). The smallest absolute Gasteiger partial charge is 0.187 e. The van der Waals surface area contributed by atoms with E-state index in [9.17, 15) is 13.0 Å². The minimum atomic E-state index is -2.20. The Labute approximate surface area is 213 Å². The molecule has 160 valence electrons. The van der Waals surface area contributed by atoms with Crippen LogP contribution in [0.15, 0.2) is 70.5 Å². The second kappa shape index (κ2) is 9.52. The van der Waals surface area contributed by atoms with Crippen LogP contribution in [0.5, 0.6) is 0 Å². The Morgan fingerprint density at radius 3 is 1.74 bits per heavy atom. The maximum atomic E-state index is 13.3. The summed E-state index contributed by atoms with van der Waals surface area (Å²) in [5, 5.41) is 3.71. The molecule has 0 saturated heterocycles. The van der Waals surface area contributed by atoms with Crippen molar-refractivity contribution >= 4 is 88.8 Å². The Morgan fingerprint density at radius 2 is 1.26 bits per heavy atom. The summed E-state index contributed by atoms with van der Waals surface area (Å²) in [6.45, 7) is 3.88. The molecule has 8 heteroatoms. The van der Waals surface area contributed by atoms with Gasteiger partial charge in [-0.05, 0) is 117 Å². The van der Waals surface area contributed by atoms with Gasteiger partial charge in [0.25, 0.3) is 0 Å². The van der Waals surface area contributed by atoms with Gasteiger partial charge in [-0.15, -0.1) is 0 Å². The minimum absolute atomic E-state index is 0.0154. The highest BCUT2D eigenvalue weighted by molar-refractivity contribution is 14.1. The highest BCUT2D eigenvalue weighted by Crippen LogP contribution is 2.41. The van der Waals surface area contributed by atoms with Crippen LogP contribution in [0.4, 0.5) is 0 Å². The van der Waals surface area contributed by atoms with Crippen LogP contribution in [-0.4, -0.2) is 19.0 Å². The third kappa shape index (κ3) is 4.74. The maximum absolute atomic E-state index is 13.3. The van der Waals surface area contributed by atoms with Crippen LogP contribution in [0.3, 0.4) is 0 Å². The molecular formula is C23H19I2NO3S2. The molecule has 2 unspecified atom stereocenters. The summed E-state index contributed by atoms with van der Waals surface area (Å²) in [5.41, 5.74) is 1.38. The number of nitrogens with one attached hydrogen (secondary N) is 1. The molecule has 0 aliphatic heterocycles. The Bertz CT molecular complexity index is 1370. The normalized spacial score (nSPS) is 13.7. The molecule has 4 aromatic rings. The standard InChI is InChI=1S/C23H19I2NO3S2/c1-13(2)26-30(27)20-9-3-14-11-16(24)5-7-18(14)22(20)23-19-8-6-17(25)12-15(19)4-10-21(23)31(28)29/h3-13,26H,1-2H3,(H,28,29). The summed E-state index contributed by atoms with van der Waals surface area (Å²) >= 11 is 2.32. The molecule has 0 radical (unpaired) electrons. The minimum Gasteiger partial charge on any atom is -0.302 e. The van der Waals surface area contributed by atoms with Gasteiger partial charge in [0.15, 0.2) is 11.1 Å². The van der Waals surface area contributed by atoms with Crippen molar-refractivity contribution in [1.29, 1.82) is 0 Å². The van der Waals surface area contributed by atoms with Gasteiger partial charge < -0.3 is 4.55 Å². The van der Waals surface area contributed by atoms with E-state index in [2.05, 4.69) is 56.0 Å². The third-order valence-electron chi connectivity index (χ3n) is 4.87. The Balaban J connectivity index is 2.18. The number of benzene rings is 4. The lowest BCUT2D eigenvalue weighted by Gasteiger charge is -2.19. The van der Waals surface area contributed by atoms with Crippen molar-refractivity contribution in [3.63, 3.8) is 0 Å². The van der Waals surface area contributed by atoms with Crippen LogP contribution in [0.25, 0.3) is 32.7 Å². The quantitative estimate of drug-likeness (QED) is 0.188. The van der Waals surface area contributed by atoms with Crippen LogP contribution in [0.2, 0.25) is 0 Å². The van der Waals surface area contributed by atoms with E-state index in [1.165, 1.54) is 0 Å². The monoisotopic (exact) mass is 675 g/mol. The first kappa shape index (κ1) is 23.2. The first-order chi connectivity index (χ1) is 14.8. The number of hydrogen-bond donors (Lipinski definition) is 2. The lowest BCUT2D eigenvalue weighted by atomic mass is 9.94. The highest BCUT2D eigenvalue weighted by atomic mass is 127. The highest BCUT2D eigenvalue weighted by Gasteiger charge is 2.22. The SMILES string of the molecule is CC(C)NS(=O)c1ccc2cc(I)ccc2c1-c1c(S(=O)O)ccc2cc(I)ccc12. The molecule has 2 atom stereocenters. The molecule has 0 aliphatic carbocycles. The molecule has 0 aliphatic rings. The summed E-state index contributed by atoms with van der Waals surface area (Å²) in [5.74, 6) is 0. The first-order valence-electron chi connectivity index (χ1n) is 9.50. The van der Waals surface area contributed by atoms with Crippen LogP contribution >= 0.6 is 45.2 Å². The van der Waals surface area contributed by atoms with Crippen LogP contribution in [0.1, 0.15) is 13.8 Å². The molecule has 0 spiro atoms. The summed E-state index contributed by atoms with van der Waals surface area (Å²) in [6, 6.07) is 19.4. The molecule has 0 aromatic heterocycles. The van der Waals surface area contributed by atoms with Gasteiger partial charge in [-0.1, -0.05) is 24.3 Å². The molecule has 2 N–H and O–H groups in total. The van der Waals surface area contributed by atoms with Gasteiger partial charge in [0.1, 0.15) is 11.0 Å². The van der Waals surface area contributed by atoms with Crippen molar-refractivity contribution in [2.45, 2.75) is 29.7 Å². The van der Waals surface area contributed by atoms with Crippen LogP contribution in [0, 0.1) is 7.14 Å². The van der Waals surface area contributed by atoms with Crippen molar-refractivity contribution < 1.29 is 13.0 Å². The van der Waals surface area contributed by atoms with Crippen molar-refractivity contribution in [3.8, 4) is 11.1 Å². The predicted molar refractivity (Wildman–Crippen MR) is 146 cm³/mol. The number of rotatable bonds is 5. The first-order valence-corrected chi connectivity index (χ1v) is 13.9. The second-order valence-corrected chi connectivity index (χ2v) is 12.0. The fourth-order valence-corrected chi connectivity index (χ4v) is 6.40. The molecule has 4 aromatic carbocycles. The van der Waals surface area contributed by atoms with Gasteiger partial charge >= 0.3 is 0 Å². The Kier molecular flexibility index (Phi) is 7.14. The van der Waals surface area contributed by atoms with E-state index in [0.717, 1.165) is 34.2 Å². The van der Waals surface area contributed by atoms with Crippen LogP contribution in [-0.2, 0) is 22.1 Å². The Hall–Kier alpha value is -0.920. The fraction of sp³-hybridized carbons (Fsp3) is 0.130. The average molecular weight is 675 g/mol. The zero-order chi connectivity index (χ0) is 22.3. The molecule has 0 saturated carbocycles.